The van der Waals surface area contributed by atoms with Gasteiger partial charge >= 0.3 is 0 Å². The van der Waals surface area contributed by atoms with Crippen molar-refractivity contribution in [3.63, 3.8) is 0 Å². The number of rotatable bonds is 3. The molecule has 1 aromatic rings. The summed E-state index contributed by atoms with van der Waals surface area (Å²) in [6.07, 6.45) is 1.06. The van der Waals surface area contributed by atoms with Crippen LogP contribution in [0.25, 0.3) is 0 Å². The van der Waals surface area contributed by atoms with Crippen molar-refractivity contribution in [2.75, 3.05) is 12.4 Å². The number of amides is 1. The van der Waals surface area contributed by atoms with Crippen LogP contribution < -0.4 is 10.6 Å². The largest absolute Gasteiger partial charge is 0.372 e. The Morgan fingerprint density at radius 3 is 2.67 bits per heavy atom. The maximum absolute atomic E-state index is 11.6. The van der Waals surface area contributed by atoms with E-state index < -0.39 is 0 Å². The Morgan fingerprint density at radius 2 is 2.20 bits per heavy atom. The molecule has 0 saturated heterocycles. The molecule has 2 unspecified atom stereocenters. The van der Waals surface area contributed by atoms with Gasteiger partial charge in [-0.2, -0.15) is 0 Å². The Kier molecular flexibility index (Phi) is 2.53. The maximum atomic E-state index is 11.6. The van der Waals surface area contributed by atoms with Crippen molar-refractivity contribution in [2.45, 2.75) is 19.4 Å². The second-order valence-electron chi connectivity index (χ2n) is 3.85. The van der Waals surface area contributed by atoms with Gasteiger partial charge in [0.15, 0.2) is 5.69 Å². The summed E-state index contributed by atoms with van der Waals surface area (Å²) in [4.78, 5) is 11.6. The first kappa shape index (κ1) is 9.89. The lowest BCUT2D eigenvalue weighted by atomic mass is 10.3. The summed E-state index contributed by atoms with van der Waals surface area (Å²) < 4.78 is 0. The number of nitrogens with zero attached hydrogens (tertiary/aromatic N) is 2. The van der Waals surface area contributed by atoms with Crippen molar-refractivity contribution < 1.29 is 4.79 Å². The first-order chi connectivity index (χ1) is 7.20. The van der Waals surface area contributed by atoms with Crippen LogP contribution in [0.4, 0.5) is 5.82 Å². The SMILES string of the molecule is CNc1ccc(C(=O)NC2CC2C)nn1. The van der Waals surface area contributed by atoms with Crippen LogP contribution in [-0.2, 0) is 0 Å². The summed E-state index contributed by atoms with van der Waals surface area (Å²) in [5.41, 5.74) is 0.369. The third kappa shape index (κ3) is 2.23. The van der Waals surface area contributed by atoms with E-state index in [1.807, 2.05) is 0 Å². The van der Waals surface area contributed by atoms with Gasteiger partial charge in [0.05, 0.1) is 0 Å². The van der Waals surface area contributed by atoms with E-state index in [2.05, 4.69) is 27.8 Å². The van der Waals surface area contributed by atoms with E-state index in [-0.39, 0.29) is 5.91 Å². The standard InChI is InChI=1S/C10H14N4O/c1-6-5-8(6)12-10(15)7-3-4-9(11-2)14-13-7/h3-4,6,8H,5H2,1-2H3,(H,11,14)(H,12,15). The fourth-order valence-electron chi connectivity index (χ4n) is 1.35. The molecule has 2 N–H and O–H groups in total. The lowest BCUT2D eigenvalue weighted by molar-refractivity contribution is 0.0943. The normalized spacial score (nSPS) is 23.3. The van der Waals surface area contributed by atoms with Gasteiger partial charge in [0, 0.05) is 13.1 Å². The number of anilines is 1. The van der Waals surface area contributed by atoms with Gasteiger partial charge < -0.3 is 10.6 Å². The number of carbonyl (C=O) groups excluding carboxylic acids is 1. The number of hydrogen-bond donors (Lipinski definition) is 2. The molecule has 1 aromatic heterocycles. The second-order valence-corrected chi connectivity index (χ2v) is 3.85. The molecule has 0 aromatic carbocycles. The molecule has 2 atom stereocenters. The Hall–Kier alpha value is -1.65. The predicted octanol–water partition coefficient (Wildman–Crippen LogP) is 0.656. The third-order valence-electron chi connectivity index (χ3n) is 2.58. The Morgan fingerprint density at radius 1 is 1.47 bits per heavy atom. The van der Waals surface area contributed by atoms with E-state index in [0.29, 0.717) is 23.5 Å². The minimum atomic E-state index is -0.139. The topological polar surface area (TPSA) is 66.9 Å². The summed E-state index contributed by atoms with van der Waals surface area (Å²) in [5.74, 6) is 1.12. The lowest BCUT2D eigenvalue weighted by Gasteiger charge is -2.02. The predicted molar refractivity (Wildman–Crippen MR) is 56.6 cm³/mol. The average Bonchev–Trinajstić information content (AvgIpc) is 2.94. The van der Waals surface area contributed by atoms with Gasteiger partial charge in [-0.05, 0) is 24.5 Å². The molecule has 5 heteroatoms. The van der Waals surface area contributed by atoms with Crippen molar-refractivity contribution in [2.24, 2.45) is 5.92 Å². The Bertz CT molecular complexity index is 362. The van der Waals surface area contributed by atoms with Crippen LogP contribution in [0.1, 0.15) is 23.8 Å². The monoisotopic (exact) mass is 206 g/mol. The van der Waals surface area contributed by atoms with Gasteiger partial charge in [0.25, 0.3) is 5.91 Å². The minimum Gasteiger partial charge on any atom is -0.372 e. The van der Waals surface area contributed by atoms with Crippen molar-refractivity contribution >= 4 is 11.7 Å². The molecule has 80 valence electrons. The molecule has 0 radical (unpaired) electrons. The van der Waals surface area contributed by atoms with Crippen LogP contribution in [0.15, 0.2) is 12.1 Å². The number of hydrogen-bond acceptors (Lipinski definition) is 4. The summed E-state index contributed by atoms with van der Waals surface area (Å²) in [6.45, 7) is 2.11. The maximum Gasteiger partial charge on any atom is 0.272 e. The fraction of sp³-hybridized carbons (Fsp3) is 0.500. The highest BCUT2D eigenvalue weighted by Crippen LogP contribution is 2.29. The van der Waals surface area contributed by atoms with E-state index in [0.717, 1.165) is 6.42 Å². The van der Waals surface area contributed by atoms with Gasteiger partial charge in [0.1, 0.15) is 5.82 Å². The van der Waals surface area contributed by atoms with Crippen LogP contribution in [0.3, 0.4) is 0 Å². The molecule has 0 aliphatic heterocycles. The third-order valence-corrected chi connectivity index (χ3v) is 2.58. The van der Waals surface area contributed by atoms with Crippen molar-refractivity contribution in [1.29, 1.82) is 0 Å². The van der Waals surface area contributed by atoms with E-state index in [9.17, 15) is 4.79 Å². The highest BCUT2D eigenvalue weighted by molar-refractivity contribution is 5.92. The van der Waals surface area contributed by atoms with Crippen molar-refractivity contribution in [3.05, 3.63) is 17.8 Å². The van der Waals surface area contributed by atoms with Gasteiger partial charge in [-0.15, -0.1) is 10.2 Å². The quantitative estimate of drug-likeness (QED) is 0.762. The van der Waals surface area contributed by atoms with Crippen LogP contribution >= 0.6 is 0 Å². The highest BCUT2D eigenvalue weighted by Gasteiger charge is 2.34. The first-order valence-electron chi connectivity index (χ1n) is 5.03. The molecular formula is C10H14N4O. The van der Waals surface area contributed by atoms with Crippen LogP contribution in [-0.4, -0.2) is 29.2 Å². The van der Waals surface area contributed by atoms with Crippen molar-refractivity contribution in [3.8, 4) is 0 Å². The summed E-state index contributed by atoms with van der Waals surface area (Å²) in [7, 11) is 1.76. The van der Waals surface area contributed by atoms with Crippen LogP contribution in [0, 0.1) is 5.92 Å². The van der Waals surface area contributed by atoms with E-state index in [4.69, 9.17) is 0 Å². The lowest BCUT2D eigenvalue weighted by Crippen LogP contribution is -2.27. The number of carbonyl (C=O) groups is 1. The fourth-order valence-corrected chi connectivity index (χ4v) is 1.35. The summed E-state index contributed by atoms with van der Waals surface area (Å²) >= 11 is 0. The van der Waals surface area contributed by atoms with E-state index in [1.165, 1.54) is 0 Å². The van der Waals surface area contributed by atoms with Gasteiger partial charge in [-0.25, -0.2) is 0 Å². The zero-order chi connectivity index (χ0) is 10.8. The molecule has 15 heavy (non-hydrogen) atoms. The zero-order valence-electron chi connectivity index (χ0n) is 8.82. The van der Waals surface area contributed by atoms with Crippen LogP contribution in [0.5, 0.6) is 0 Å². The molecule has 1 aliphatic carbocycles. The molecular weight excluding hydrogens is 192 g/mol. The average molecular weight is 206 g/mol. The molecule has 5 nitrogen and oxygen atoms in total. The van der Waals surface area contributed by atoms with Crippen LogP contribution in [0.2, 0.25) is 0 Å². The highest BCUT2D eigenvalue weighted by atomic mass is 16.2. The molecule has 1 amide bonds. The summed E-state index contributed by atoms with van der Waals surface area (Å²) in [5, 5.41) is 13.4. The first-order valence-corrected chi connectivity index (χ1v) is 5.03. The number of nitrogens with one attached hydrogen (secondary N) is 2. The van der Waals surface area contributed by atoms with Gasteiger partial charge in [0.2, 0.25) is 0 Å². The number of aromatic nitrogens is 2. The Labute approximate surface area is 88.3 Å². The Balaban J connectivity index is 1.99. The minimum absolute atomic E-state index is 0.139. The zero-order valence-corrected chi connectivity index (χ0v) is 8.82. The van der Waals surface area contributed by atoms with E-state index in [1.54, 1.807) is 19.2 Å². The summed E-state index contributed by atoms with van der Waals surface area (Å²) in [6, 6.07) is 3.72. The molecule has 1 aliphatic rings. The molecule has 0 bridgehead atoms. The molecule has 1 saturated carbocycles. The van der Waals surface area contributed by atoms with Gasteiger partial charge in [-0.1, -0.05) is 6.92 Å². The molecule has 1 fully saturated rings. The van der Waals surface area contributed by atoms with E-state index >= 15 is 0 Å². The second kappa shape index (κ2) is 3.84. The molecule has 2 rings (SSSR count). The molecule has 0 spiro atoms. The smallest absolute Gasteiger partial charge is 0.272 e. The molecule has 1 heterocycles. The van der Waals surface area contributed by atoms with Gasteiger partial charge in [-0.3, -0.25) is 4.79 Å². The van der Waals surface area contributed by atoms with Crippen molar-refractivity contribution in [1.82, 2.24) is 15.5 Å².